The van der Waals surface area contributed by atoms with Gasteiger partial charge in [0.1, 0.15) is 0 Å². The van der Waals surface area contributed by atoms with Crippen LogP contribution in [0, 0.1) is 11.3 Å². The predicted octanol–water partition coefficient (Wildman–Crippen LogP) is 2.62. The lowest BCUT2D eigenvalue weighted by molar-refractivity contribution is -0.154. The van der Waals surface area contributed by atoms with Gasteiger partial charge >= 0.3 is 5.97 Å². The van der Waals surface area contributed by atoms with Crippen LogP contribution in [0.3, 0.4) is 0 Å². The molecule has 0 spiro atoms. The summed E-state index contributed by atoms with van der Waals surface area (Å²) in [5.41, 5.74) is -0.329. The smallest absolute Gasteiger partial charge is 0.311 e. The molecule has 0 aliphatic carbocycles. The van der Waals surface area contributed by atoms with Crippen molar-refractivity contribution in [2.24, 2.45) is 11.3 Å². The first kappa shape index (κ1) is 11.5. The quantitative estimate of drug-likeness (QED) is 0.609. The lowest BCUT2D eigenvalue weighted by atomic mass is 9.84. The van der Waals surface area contributed by atoms with E-state index in [0.717, 1.165) is 6.42 Å². The van der Waals surface area contributed by atoms with Crippen LogP contribution in [0.1, 0.15) is 41.0 Å². The highest BCUT2D eigenvalue weighted by molar-refractivity contribution is 5.75. The summed E-state index contributed by atoms with van der Waals surface area (Å²) in [5.74, 6) is 0.447. The van der Waals surface area contributed by atoms with Gasteiger partial charge in [-0.3, -0.25) is 4.79 Å². The Morgan fingerprint density at radius 1 is 1.42 bits per heavy atom. The van der Waals surface area contributed by atoms with Crippen LogP contribution >= 0.6 is 0 Å². The number of esters is 1. The van der Waals surface area contributed by atoms with Gasteiger partial charge in [0, 0.05) is 0 Å². The molecule has 0 bridgehead atoms. The number of ether oxygens (including phenoxy) is 1. The number of hydrogen-bond donors (Lipinski definition) is 0. The maximum atomic E-state index is 11.4. The molecule has 0 aliphatic rings. The summed E-state index contributed by atoms with van der Waals surface area (Å²) in [4.78, 5) is 11.4. The van der Waals surface area contributed by atoms with Crippen molar-refractivity contribution in [2.45, 2.75) is 41.0 Å². The second-order valence-electron chi connectivity index (χ2n) is 4.20. The predicted molar refractivity (Wildman–Crippen MR) is 49.9 cm³/mol. The Morgan fingerprint density at radius 2 is 1.92 bits per heavy atom. The maximum Gasteiger partial charge on any atom is 0.311 e. The molecule has 2 nitrogen and oxygen atoms in total. The Balaban J connectivity index is 4.09. The fourth-order valence-electron chi connectivity index (χ4n) is 1.43. The first-order valence-corrected chi connectivity index (χ1v) is 4.57. The van der Waals surface area contributed by atoms with Gasteiger partial charge in [0.15, 0.2) is 0 Å². The third-order valence-corrected chi connectivity index (χ3v) is 1.75. The van der Waals surface area contributed by atoms with E-state index in [-0.39, 0.29) is 11.4 Å². The minimum Gasteiger partial charge on any atom is -0.466 e. The summed E-state index contributed by atoms with van der Waals surface area (Å²) in [6.45, 7) is 10.4. The number of carbonyl (C=O) groups is 1. The summed E-state index contributed by atoms with van der Waals surface area (Å²) < 4.78 is 4.97. The van der Waals surface area contributed by atoms with E-state index in [4.69, 9.17) is 4.74 Å². The summed E-state index contributed by atoms with van der Waals surface area (Å²) in [5, 5.41) is 0. The Bertz CT molecular complexity index is 148. The van der Waals surface area contributed by atoms with Gasteiger partial charge in [-0.15, -0.1) is 0 Å². The number of rotatable bonds is 4. The van der Waals surface area contributed by atoms with Crippen molar-refractivity contribution in [3.63, 3.8) is 0 Å². The number of carbonyl (C=O) groups excluding carboxylic acids is 1. The third-order valence-electron chi connectivity index (χ3n) is 1.75. The van der Waals surface area contributed by atoms with E-state index in [1.54, 1.807) is 0 Å². The molecule has 0 aliphatic heterocycles. The fourth-order valence-corrected chi connectivity index (χ4v) is 1.43. The molecular weight excluding hydrogens is 152 g/mol. The van der Waals surface area contributed by atoms with Gasteiger partial charge in [0.2, 0.25) is 0 Å². The molecule has 0 aromatic rings. The van der Waals surface area contributed by atoms with E-state index in [2.05, 4.69) is 13.8 Å². The van der Waals surface area contributed by atoms with Gasteiger partial charge in [-0.05, 0) is 33.1 Å². The lowest BCUT2D eigenvalue weighted by Crippen LogP contribution is -2.28. The minimum atomic E-state index is -0.329. The van der Waals surface area contributed by atoms with Crippen LogP contribution in [0.15, 0.2) is 0 Å². The van der Waals surface area contributed by atoms with Crippen molar-refractivity contribution in [2.75, 3.05) is 6.61 Å². The zero-order chi connectivity index (χ0) is 9.78. The second-order valence-corrected chi connectivity index (χ2v) is 4.20. The zero-order valence-corrected chi connectivity index (χ0v) is 8.81. The van der Waals surface area contributed by atoms with Gasteiger partial charge in [0.25, 0.3) is 0 Å². The Kier molecular flexibility index (Phi) is 4.29. The fraction of sp³-hybridized carbons (Fsp3) is 0.900. The molecule has 0 radical (unpaired) electrons. The molecule has 0 atom stereocenters. The largest absolute Gasteiger partial charge is 0.466 e. The summed E-state index contributed by atoms with van der Waals surface area (Å²) in [6.07, 6.45) is 0.881. The van der Waals surface area contributed by atoms with E-state index < -0.39 is 0 Å². The summed E-state index contributed by atoms with van der Waals surface area (Å²) in [7, 11) is 0. The zero-order valence-electron chi connectivity index (χ0n) is 8.81. The number of hydrogen-bond acceptors (Lipinski definition) is 2. The molecule has 0 saturated carbocycles. The van der Waals surface area contributed by atoms with Gasteiger partial charge in [0.05, 0.1) is 12.0 Å². The molecule has 0 unspecified atom stereocenters. The van der Waals surface area contributed by atoms with E-state index in [1.807, 2.05) is 20.8 Å². The molecule has 0 aromatic carbocycles. The average Bonchev–Trinajstić information content (AvgIpc) is 1.85. The molecule has 0 amide bonds. The van der Waals surface area contributed by atoms with Crippen LogP contribution in [-0.2, 0) is 9.53 Å². The molecule has 0 heterocycles. The summed E-state index contributed by atoms with van der Waals surface area (Å²) >= 11 is 0. The van der Waals surface area contributed by atoms with Crippen LogP contribution in [-0.4, -0.2) is 12.6 Å². The molecule has 0 N–H and O–H groups in total. The van der Waals surface area contributed by atoms with Crippen LogP contribution < -0.4 is 0 Å². The molecule has 12 heavy (non-hydrogen) atoms. The molecule has 0 saturated heterocycles. The summed E-state index contributed by atoms with van der Waals surface area (Å²) in [6, 6.07) is 0. The topological polar surface area (TPSA) is 26.3 Å². The third kappa shape index (κ3) is 3.74. The van der Waals surface area contributed by atoms with Crippen molar-refractivity contribution in [1.82, 2.24) is 0 Å². The normalized spacial score (nSPS) is 11.8. The Morgan fingerprint density at radius 3 is 2.25 bits per heavy atom. The molecule has 0 rings (SSSR count). The average molecular weight is 172 g/mol. The highest BCUT2D eigenvalue weighted by Gasteiger charge is 2.29. The molecular formula is C10H20O2. The van der Waals surface area contributed by atoms with Gasteiger partial charge < -0.3 is 4.74 Å². The second kappa shape index (κ2) is 4.48. The SMILES string of the molecule is CCOC(=O)C(C)(C)CC(C)C. The van der Waals surface area contributed by atoms with Crippen molar-refractivity contribution >= 4 is 5.97 Å². The van der Waals surface area contributed by atoms with Crippen LogP contribution in [0.25, 0.3) is 0 Å². The van der Waals surface area contributed by atoms with Crippen molar-refractivity contribution < 1.29 is 9.53 Å². The molecule has 0 fully saturated rings. The van der Waals surface area contributed by atoms with Crippen molar-refractivity contribution in [3.8, 4) is 0 Å². The molecule has 72 valence electrons. The Labute approximate surface area is 75.3 Å². The maximum absolute atomic E-state index is 11.4. The van der Waals surface area contributed by atoms with Crippen LogP contribution in [0.4, 0.5) is 0 Å². The highest BCUT2D eigenvalue weighted by Crippen LogP contribution is 2.26. The lowest BCUT2D eigenvalue weighted by Gasteiger charge is -2.23. The van der Waals surface area contributed by atoms with Gasteiger partial charge in [-0.25, -0.2) is 0 Å². The molecule has 2 heteroatoms. The first-order chi connectivity index (χ1) is 5.40. The Hall–Kier alpha value is -0.530. The van der Waals surface area contributed by atoms with Crippen molar-refractivity contribution in [3.05, 3.63) is 0 Å². The highest BCUT2D eigenvalue weighted by atomic mass is 16.5. The monoisotopic (exact) mass is 172 g/mol. The van der Waals surface area contributed by atoms with Crippen molar-refractivity contribution in [1.29, 1.82) is 0 Å². The van der Waals surface area contributed by atoms with E-state index in [0.29, 0.717) is 12.5 Å². The van der Waals surface area contributed by atoms with E-state index in [1.165, 1.54) is 0 Å². The van der Waals surface area contributed by atoms with Gasteiger partial charge in [-0.1, -0.05) is 13.8 Å². The van der Waals surface area contributed by atoms with E-state index in [9.17, 15) is 4.79 Å². The minimum absolute atomic E-state index is 0.0845. The standard InChI is InChI=1S/C10H20O2/c1-6-12-9(11)10(4,5)7-8(2)3/h8H,6-7H2,1-5H3. The van der Waals surface area contributed by atoms with E-state index >= 15 is 0 Å². The van der Waals surface area contributed by atoms with Crippen LogP contribution in [0.5, 0.6) is 0 Å². The van der Waals surface area contributed by atoms with Gasteiger partial charge in [-0.2, -0.15) is 0 Å². The van der Waals surface area contributed by atoms with Crippen LogP contribution in [0.2, 0.25) is 0 Å². The first-order valence-electron chi connectivity index (χ1n) is 4.57. The molecule has 0 aromatic heterocycles.